The lowest BCUT2D eigenvalue weighted by atomic mass is 10.00. The van der Waals surface area contributed by atoms with E-state index >= 15 is 0 Å². The van der Waals surface area contributed by atoms with Gasteiger partial charge in [0, 0.05) is 0 Å². The summed E-state index contributed by atoms with van der Waals surface area (Å²) in [5.41, 5.74) is 0. The predicted molar refractivity (Wildman–Crippen MR) is 57.1 cm³/mol. The van der Waals surface area contributed by atoms with Crippen LogP contribution in [0.2, 0.25) is 0 Å². The van der Waals surface area contributed by atoms with Crippen molar-refractivity contribution in [2.45, 2.75) is 65.2 Å². The Hall–Kier alpha value is 0. The summed E-state index contributed by atoms with van der Waals surface area (Å²) in [5.74, 6) is 0.942. The Morgan fingerprint density at radius 2 is 1.58 bits per heavy atom. The van der Waals surface area contributed by atoms with Crippen LogP contribution in [0.4, 0.5) is 0 Å². The van der Waals surface area contributed by atoms with Crippen molar-refractivity contribution in [3.63, 3.8) is 0 Å². The molecule has 73 valence electrons. The van der Waals surface area contributed by atoms with Gasteiger partial charge in [-0.3, -0.25) is 0 Å². The average Bonchev–Trinajstić information content (AvgIpc) is 2.10. The minimum atomic E-state index is 0.942. The molecule has 0 aliphatic rings. The van der Waals surface area contributed by atoms with E-state index in [1.165, 1.54) is 44.9 Å². The predicted octanol–water partition coefficient (Wildman–Crippen LogP) is 4.60. The van der Waals surface area contributed by atoms with Crippen molar-refractivity contribution in [2.75, 3.05) is 0 Å². The molecule has 0 nitrogen and oxygen atoms in total. The van der Waals surface area contributed by atoms with Crippen molar-refractivity contribution >= 4 is 0 Å². The van der Waals surface area contributed by atoms with Gasteiger partial charge in [-0.25, -0.2) is 0 Å². The summed E-state index contributed by atoms with van der Waals surface area (Å²) in [4.78, 5) is 0. The number of hydrogen-bond donors (Lipinski definition) is 0. The molecule has 0 aliphatic carbocycles. The fourth-order valence-corrected chi connectivity index (χ4v) is 1.40. The Labute approximate surface area is 78.8 Å². The first-order valence-electron chi connectivity index (χ1n) is 5.60. The third-order valence-electron chi connectivity index (χ3n) is 2.64. The monoisotopic (exact) mass is 169 g/mol. The van der Waals surface area contributed by atoms with Crippen molar-refractivity contribution < 1.29 is 0 Å². The van der Waals surface area contributed by atoms with Gasteiger partial charge in [0.25, 0.3) is 0 Å². The first-order valence-corrected chi connectivity index (χ1v) is 5.60. The van der Waals surface area contributed by atoms with E-state index in [0.717, 1.165) is 12.3 Å². The zero-order valence-electron chi connectivity index (χ0n) is 8.94. The topological polar surface area (TPSA) is 0 Å². The van der Waals surface area contributed by atoms with E-state index in [4.69, 9.17) is 0 Å². The van der Waals surface area contributed by atoms with Crippen LogP contribution in [0.25, 0.3) is 0 Å². The molecule has 0 heteroatoms. The van der Waals surface area contributed by atoms with Crippen LogP contribution in [0.1, 0.15) is 65.2 Å². The SMILES string of the molecule is [CH2]CCCCCCC[C@@H](C)CC. The summed E-state index contributed by atoms with van der Waals surface area (Å²) in [6.45, 7) is 8.49. The lowest BCUT2D eigenvalue weighted by molar-refractivity contribution is 0.473. The molecule has 0 bridgehead atoms. The first kappa shape index (κ1) is 12.0. The summed E-state index contributed by atoms with van der Waals surface area (Å²) in [6, 6.07) is 0. The van der Waals surface area contributed by atoms with E-state index in [2.05, 4.69) is 20.8 Å². The van der Waals surface area contributed by atoms with Gasteiger partial charge in [0.2, 0.25) is 0 Å². The van der Waals surface area contributed by atoms with Crippen LogP contribution in [-0.4, -0.2) is 0 Å². The molecule has 0 unspecified atom stereocenters. The van der Waals surface area contributed by atoms with Crippen molar-refractivity contribution in [3.8, 4) is 0 Å². The molecule has 0 aromatic rings. The third-order valence-corrected chi connectivity index (χ3v) is 2.64. The first-order chi connectivity index (χ1) is 5.81. The molecule has 0 amide bonds. The molecule has 0 saturated heterocycles. The zero-order chi connectivity index (χ0) is 9.23. The van der Waals surface area contributed by atoms with Gasteiger partial charge in [-0.1, -0.05) is 72.1 Å². The molecule has 0 aromatic heterocycles. The molecule has 0 rings (SSSR count). The molecule has 0 aliphatic heterocycles. The fourth-order valence-electron chi connectivity index (χ4n) is 1.40. The molecule has 12 heavy (non-hydrogen) atoms. The molecule has 0 N–H and O–H groups in total. The summed E-state index contributed by atoms with van der Waals surface area (Å²) < 4.78 is 0. The van der Waals surface area contributed by atoms with Crippen molar-refractivity contribution in [1.82, 2.24) is 0 Å². The second kappa shape index (κ2) is 9.09. The largest absolute Gasteiger partial charge is 0.0651 e. The van der Waals surface area contributed by atoms with Crippen LogP contribution in [0.5, 0.6) is 0 Å². The molecule has 1 radical (unpaired) electrons. The molecular formula is C12H25. The van der Waals surface area contributed by atoms with Gasteiger partial charge in [-0.15, -0.1) is 0 Å². The maximum Gasteiger partial charge on any atom is -0.0445 e. The summed E-state index contributed by atoms with van der Waals surface area (Å²) in [6.07, 6.45) is 10.9. The van der Waals surface area contributed by atoms with Gasteiger partial charge >= 0.3 is 0 Å². The van der Waals surface area contributed by atoms with Crippen molar-refractivity contribution in [1.29, 1.82) is 0 Å². The van der Waals surface area contributed by atoms with E-state index < -0.39 is 0 Å². The van der Waals surface area contributed by atoms with E-state index in [1.54, 1.807) is 0 Å². The highest BCUT2D eigenvalue weighted by Gasteiger charge is 1.97. The van der Waals surface area contributed by atoms with Crippen molar-refractivity contribution in [3.05, 3.63) is 6.92 Å². The third kappa shape index (κ3) is 8.10. The van der Waals surface area contributed by atoms with Gasteiger partial charge in [-0.2, -0.15) is 0 Å². The molecule has 0 fully saturated rings. The highest BCUT2D eigenvalue weighted by atomic mass is 14.0. The second-order valence-corrected chi connectivity index (χ2v) is 3.92. The molecule has 0 saturated carbocycles. The zero-order valence-corrected chi connectivity index (χ0v) is 8.94. The second-order valence-electron chi connectivity index (χ2n) is 3.92. The summed E-state index contributed by atoms with van der Waals surface area (Å²) in [7, 11) is 0. The van der Waals surface area contributed by atoms with Gasteiger partial charge < -0.3 is 0 Å². The maximum atomic E-state index is 3.84. The Morgan fingerprint density at radius 3 is 2.17 bits per heavy atom. The standard InChI is InChI=1S/C12H25/c1-4-6-7-8-9-10-11-12(3)5-2/h12H,1,4-11H2,2-3H3/t12-/m0/s1. The van der Waals surface area contributed by atoms with Gasteiger partial charge in [0.1, 0.15) is 0 Å². The molecule has 0 spiro atoms. The van der Waals surface area contributed by atoms with E-state index in [0.29, 0.717) is 0 Å². The Bertz CT molecular complexity index is 76.1. The molecule has 1 atom stereocenters. The Morgan fingerprint density at radius 1 is 1.00 bits per heavy atom. The number of unbranched alkanes of at least 4 members (excludes halogenated alkanes) is 5. The lowest BCUT2D eigenvalue weighted by Crippen LogP contribution is -1.91. The van der Waals surface area contributed by atoms with Gasteiger partial charge in [0.15, 0.2) is 0 Å². The molecule has 0 aromatic carbocycles. The quantitative estimate of drug-likeness (QED) is 0.466. The summed E-state index contributed by atoms with van der Waals surface area (Å²) >= 11 is 0. The highest BCUT2D eigenvalue weighted by molar-refractivity contribution is 4.51. The maximum absolute atomic E-state index is 3.84. The number of rotatable bonds is 8. The minimum absolute atomic E-state index is 0.942. The smallest absolute Gasteiger partial charge is 0.0445 e. The fraction of sp³-hybridized carbons (Fsp3) is 0.917. The van der Waals surface area contributed by atoms with Crippen LogP contribution in [0.15, 0.2) is 0 Å². The van der Waals surface area contributed by atoms with Crippen LogP contribution >= 0.6 is 0 Å². The minimum Gasteiger partial charge on any atom is -0.0651 e. The average molecular weight is 169 g/mol. The molecule has 0 heterocycles. The summed E-state index contributed by atoms with van der Waals surface area (Å²) in [5, 5.41) is 0. The van der Waals surface area contributed by atoms with Crippen LogP contribution in [-0.2, 0) is 0 Å². The normalized spacial score (nSPS) is 13.2. The van der Waals surface area contributed by atoms with Crippen LogP contribution in [0, 0.1) is 12.8 Å². The Balaban J connectivity index is 2.90. The Kier molecular flexibility index (Phi) is 9.09. The lowest BCUT2D eigenvalue weighted by Gasteiger charge is -2.06. The molecular weight excluding hydrogens is 144 g/mol. The van der Waals surface area contributed by atoms with Crippen LogP contribution < -0.4 is 0 Å². The van der Waals surface area contributed by atoms with Gasteiger partial charge in [0.05, 0.1) is 0 Å². The van der Waals surface area contributed by atoms with E-state index in [-0.39, 0.29) is 0 Å². The van der Waals surface area contributed by atoms with Crippen molar-refractivity contribution in [2.24, 2.45) is 5.92 Å². The number of hydrogen-bond acceptors (Lipinski definition) is 0. The highest BCUT2D eigenvalue weighted by Crippen LogP contribution is 2.13. The van der Waals surface area contributed by atoms with E-state index in [9.17, 15) is 0 Å². The van der Waals surface area contributed by atoms with E-state index in [1.807, 2.05) is 0 Å². The van der Waals surface area contributed by atoms with Gasteiger partial charge in [-0.05, 0) is 5.92 Å². The van der Waals surface area contributed by atoms with Crippen LogP contribution in [0.3, 0.4) is 0 Å².